The summed E-state index contributed by atoms with van der Waals surface area (Å²) >= 11 is 5.89. The predicted octanol–water partition coefficient (Wildman–Crippen LogP) is 2.22. The molecule has 0 saturated carbocycles. The number of anilines is 1. The van der Waals surface area contributed by atoms with Crippen molar-refractivity contribution in [3.63, 3.8) is 0 Å². The van der Waals surface area contributed by atoms with Crippen molar-refractivity contribution in [3.8, 4) is 0 Å². The number of hydrogen-bond donors (Lipinski definition) is 1. The number of nitrogens with zero attached hydrogens (tertiary/aromatic N) is 3. The Bertz CT molecular complexity index is 488. The van der Waals surface area contributed by atoms with Crippen LogP contribution in [0.1, 0.15) is 6.92 Å². The van der Waals surface area contributed by atoms with Gasteiger partial charge in [0.05, 0.1) is 17.6 Å². The molecule has 1 rings (SSSR count). The van der Waals surface area contributed by atoms with Crippen LogP contribution < -0.4 is 5.32 Å². The molecule has 0 aliphatic heterocycles. The van der Waals surface area contributed by atoms with Gasteiger partial charge in [-0.15, -0.1) is 0 Å². The molecule has 0 bridgehead atoms. The molecule has 0 radical (unpaired) electrons. The Hall–Kier alpha value is -1.88. The van der Waals surface area contributed by atoms with Gasteiger partial charge in [0.25, 0.3) is 0 Å². The molecule has 0 unspecified atom stereocenters. The number of nitrogens with one attached hydrogen (secondary N) is 1. The van der Waals surface area contributed by atoms with Crippen molar-refractivity contribution in [3.05, 3.63) is 30.1 Å². The lowest BCUT2D eigenvalue weighted by molar-refractivity contribution is -0.114. The maximum Gasteiger partial charge on any atom is 0.221 e. The molecule has 0 aliphatic carbocycles. The van der Waals surface area contributed by atoms with E-state index in [9.17, 15) is 4.79 Å². The first-order chi connectivity index (χ1) is 8.08. The van der Waals surface area contributed by atoms with E-state index in [4.69, 9.17) is 11.6 Å². The fourth-order valence-electron chi connectivity index (χ4n) is 1.19. The maximum atomic E-state index is 10.9. The summed E-state index contributed by atoms with van der Waals surface area (Å²) in [5, 5.41) is 6.86. The molecule has 0 atom stereocenters. The standard InChI is InChI=1S/C11H13ClN4O/c1-4-5-9(6-13-3)16-7-10(11(12)15-16)14-8(2)17/h4-7H,1H2,2-3H3,(H,14,17)/b9-5+,13-6?. The van der Waals surface area contributed by atoms with E-state index >= 15 is 0 Å². The van der Waals surface area contributed by atoms with Gasteiger partial charge in [-0.05, 0) is 6.08 Å². The highest BCUT2D eigenvalue weighted by Crippen LogP contribution is 2.21. The predicted molar refractivity (Wildman–Crippen MR) is 70.4 cm³/mol. The Balaban J connectivity index is 3.10. The third-order valence-electron chi connectivity index (χ3n) is 1.79. The molecule has 1 N–H and O–H groups in total. The molecule has 0 aliphatic rings. The van der Waals surface area contributed by atoms with Gasteiger partial charge in [0.1, 0.15) is 0 Å². The first kappa shape index (κ1) is 13.2. The summed E-state index contributed by atoms with van der Waals surface area (Å²) in [5.74, 6) is -0.204. The minimum Gasteiger partial charge on any atom is -0.322 e. The average Bonchev–Trinajstić information content (AvgIpc) is 2.59. The Labute approximate surface area is 104 Å². The van der Waals surface area contributed by atoms with Crippen molar-refractivity contribution < 1.29 is 4.79 Å². The number of hydrogen-bond acceptors (Lipinski definition) is 3. The molecule has 17 heavy (non-hydrogen) atoms. The van der Waals surface area contributed by atoms with Gasteiger partial charge in [-0.1, -0.05) is 24.3 Å². The number of carbonyl (C=O) groups is 1. The molecule has 0 aromatic carbocycles. The van der Waals surface area contributed by atoms with Crippen LogP contribution in [0.15, 0.2) is 29.9 Å². The van der Waals surface area contributed by atoms with Crippen molar-refractivity contribution in [2.24, 2.45) is 4.99 Å². The summed E-state index contributed by atoms with van der Waals surface area (Å²) in [6.07, 6.45) is 6.57. The molecule has 0 spiro atoms. The highest BCUT2D eigenvalue weighted by molar-refractivity contribution is 6.32. The number of carbonyl (C=O) groups excluding carboxylic acids is 1. The van der Waals surface area contributed by atoms with Gasteiger partial charge in [0.15, 0.2) is 5.15 Å². The van der Waals surface area contributed by atoms with E-state index < -0.39 is 0 Å². The van der Waals surface area contributed by atoms with E-state index in [2.05, 4.69) is 22.0 Å². The fraction of sp³-hybridized carbons (Fsp3) is 0.182. The molecule has 90 valence electrons. The highest BCUT2D eigenvalue weighted by Gasteiger charge is 2.09. The lowest BCUT2D eigenvalue weighted by atomic mass is 10.4. The number of aliphatic imine (C=N–C) groups is 1. The van der Waals surface area contributed by atoms with Gasteiger partial charge in [-0.2, -0.15) is 5.10 Å². The zero-order valence-corrected chi connectivity index (χ0v) is 10.4. The van der Waals surface area contributed by atoms with E-state index in [0.29, 0.717) is 11.4 Å². The lowest BCUT2D eigenvalue weighted by Gasteiger charge is -1.99. The van der Waals surface area contributed by atoms with Crippen LogP contribution >= 0.6 is 11.6 Å². The van der Waals surface area contributed by atoms with Crippen molar-refractivity contribution in [2.75, 3.05) is 12.4 Å². The first-order valence-electron chi connectivity index (χ1n) is 4.86. The van der Waals surface area contributed by atoms with E-state index in [1.807, 2.05) is 0 Å². The second kappa shape index (κ2) is 6.00. The lowest BCUT2D eigenvalue weighted by Crippen LogP contribution is -2.05. The summed E-state index contributed by atoms with van der Waals surface area (Å²) in [4.78, 5) is 14.8. The van der Waals surface area contributed by atoms with E-state index in [1.54, 1.807) is 31.6 Å². The SMILES string of the molecule is C=C/C=C(\C=NC)n1cc(NC(C)=O)c(Cl)n1. The van der Waals surface area contributed by atoms with Gasteiger partial charge in [-0.3, -0.25) is 9.79 Å². The normalized spacial score (nSPS) is 11.8. The molecular formula is C11H13ClN4O. The van der Waals surface area contributed by atoms with E-state index in [1.165, 1.54) is 11.6 Å². The smallest absolute Gasteiger partial charge is 0.221 e. The van der Waals surface area contributed by atoms with Gasteiger partial charge in [0, 0.05) is 20.2 Å². The highest BCUT2D eigenvalue weighted by atomic mass is 35.5. The van der Waals surface area contributed by atoms with Crippen molar-refractivity contribution in [1.82, 2.24) is 9.78 Å². The maximum absolute atomic E-state index is 10.9. The summed E-state index contributed by atoms with van der Waals surface area (Å²) in [7, 11) is 1.65. The molecule has 6 heteroatoms. The third-order valence-corrected chi connectivity index (χ3v) is 2.07. The zero-order valence-electron chi connectivity index (χ0n) is 9.64. The summed E-state index contributed by atoms with van der Waals surface area (Å²) in [5.41, 5.74) is 1.15. The zero-order chi connectivity index (χ0) is 12.8. The molecular weight excluding hydrogens is 240 g/mol. The number of amides is 1. The van der Waals surface area contributed by atoms with Crippen LogP contribution in [0, 0.1) is 0 Å². The molecule has 1 heterocycles. The van der Waals surface area contributed by atoms with Crippen LogP contribution in [-0.4, -0.2) is 28.9 Å². The summed E-state index contributed by atoms with van der Waals surface area (Å²) < 4.78 is 1.52. The van der Waals surface area contributed by atoms with Crippen LogP contribution in [0.25, 0.3) is 5.70 Å². The van der Waals surface area contributed by atoms with Gasteiger partial charge in [-0.25, -0.2) is 4.68 Å². The molecule has 1 amide bonds. The van der Waals surface area contributed by atoms with Crippen molar-refractivity contribution >= 4 is 35.1 Å². The topological polar surface area (TPSA) is 59.3 Å². The number of rotatable bonds is 4. The second-order valence-electron chi connectivity index (χ2n) is 3.17. The number of allylic oxidation sites excluding steroid dienone is 3. The molecule has 0 saturated heterocycles. The Morgan fingerprint density at radius 2 is 2.41 bits per heavy atom. The van der Waals surface area contributed by atoms with Gasteiger partial charge in [0.2, 0.25) is 5.91 Å². The van der Waals surface area contributed by atoms with Gasteiger partial charge >= 0.3 is 0 Å². The van der Waals surface area contributed by atoms with Crippen LogP contribution in [0.5, 0.6) is 0 Å². The van der Waals surface area contributed by atoms with Gasteiger partial charge < -0.3 is 5.32 Å². The van der Waals surface area contributed by atoms with Crippen LogP contribution in [0.2, 0.25) is 5.15 Å². The van der Waals surface area contributed by atoms with E-state index in [0.717, 1.165) is 0 Å². The largest absolute Gasteiger partial charge is 0.322 e. The molecule has 0 fully saturated rings. The van der Waals surface area contributed by atoms with Crippen LogP contribution in [0.4, 0.5) is 5.69 Å². The average molecular weight is 253 g/mol. The summed E-state index contributed by atoms with van der Waals surface area (Å²) in [6, 6.07) is 0. The second-order valence-corrected chi connectivity index (χ2v) is 3.53. The molecule has 1 aromatic rings. The Morgan fingerprint density at radius 1 is 1.71 bits per heavy atom. The monoisotopic (exact) mass is 252 g/mol. The summed E-state index contributed by atoms with van der Waals surface area (Å²) in [6.45, 7) is 5.01. The van der Waals surface area contributed by atoms with E-state index in [-0.39, 0.29) is 11.1 Å². The van der Waals surface area contributed by atoms with Crippen molar-refractivity contribution in [2.45, 2.75) is 6.92 Å². The van der Waals surface area contributed by atoms with Crippen molar-refractivity contribution in [1.29, 1.82) is 0 Å². The molecule has 5 nitrogen and oxygen atoms in total. The Morgan fingerprint density at radius 3 is 2.94 bits per heavy atom. The number of halogens is 1. The number of aromatic nitrogens is 2. The fourth-order valence-corrected chi connectivity index (χ4v) is 1.37. The molecule has 1 aromatic heterocycles. The Kier molecular flexibility index (Phi) is 4.66. The minimum atomic E-state index is -0.204. The van der Waals surface area contributed by atoms with Crippen LogP contribution in [0.3, 0.4) is 0 Å². The first-order valence-corrected chi connectivity index (χ1v) is 5.24. The van der Waals surface area contributed by atoms with Crippen LogP contribution in [-0.2, 0) is 4.79 Å². The third kappa shape index (κ3) is 3.57. The minimum absolute atomic E-state index is 0.204. The quantitative estimate of drug-likeness (QED) is 0.660.